The van der Waals surface area contributed by atoms with Crippen LogP contribution >= 0.6 is 31.9 Å². The molecule has 6 heteroatoms. The lowest BCUT2D eigenvalue weighted by molar-refractivity contribution is -0.0300. The number of nitrogens with zero attached hydrogens (tertiary/aromatic N) is 1. The molecule has 2 atom stereocenters. The minimum atomic E-state index is -0.0895. The molecule has 0 radical (unpaired) electrons. The first-order valence-electron chi connectivity index (χ1n) is 6.10. The van der Waals surface area contributed by atoms with E-state index >= 15 is 0 Å². The molecule has 2 N–H and O–H groups in total. The highest BCUT2D eigenvalue weighted by atomic mass is 79.9. The van der Waals surface area contributed by atoms with Crippen LogP contribution in [-0.4, -0.2) is 42.6 Å². The number of rotatable bonds is 2. The predicted molar refractivity (Wildman–Crippen MR) is 81.1 cm³/mol. The summed E-state index contributed by atoms with van der Waals surface area (Å²) in [6.07, 6.45) is -0.0895. The minimum absolute atomic E-state index is 0.0101. The van der Waals surface area contributed by atoms with Gasteiger partial charge in [-0.2, -0.15) is 0 Å². The zero-order valence-corrected chi connectivity index (χ0v) is 13.8. The van der Waals surface area contributed by atoms with Crippen LogP contribution in [0.15, 0.2) is 27.1 Å². The molecule has 1 aromatic rings. The van der Waals surface area contributed by atoms with Crippen LogP contribution in [0, 0.1) is 0 Å². The zero-order chi connectivity index (χ0) is 14.0. The number of carbonyl (C=O) groups is 1. The van der Waals surface area contributed by atoms with Gasteiger partial charge in [0, 0.05) is 33.6 Å². The van der Waals surface area contributed by atoms with Crippen molar-refractivity contribution in [1.29, 1.82) is 0 Å². The summed E-state index contributed by atoms with van der Waals surface area (Å²) in [6, 6.07) is 5.47. The van der Waals surface area contributed by atoms with Crippen LogP contribution in [-0.2, 0) is 4.74 Å². The quantitative estimate of drug-likeness (QED) is 0.842. The smallest absolute Gasteiger partial charge is 0.254 e. The number of amides is 1. The molecule has 19 heavy (non-hydrogen) atoms. The van der Waals surface area contributed by atoms with Gasteiger partial charge < -0.3 is 15.4 Å². The van der Waals surface area contributed by atoms with E-state index in [1.54, 1.807) is 4.90 Å². The molecule has 2 unspecified atom stereocenters. The first kappa shape index (κ1) is 15.0. The largest absolute Gasteiger partial charge is 0.373 e. The van der Waals surface area contributed by atoms with Gasteiger partial charge >= 0.3 is 0 Å². The summed E-state index contributed by atoms with van der Waals surface area (Å²) < 4.78 is 7.32. The molecule has 1 fully saturated rings. The molecular formula is C13H16Br2N2O2. The maximum atomic E-state index is 12.5. The molecule has 4 nitrogen and oxygen atoms in total. The lowest BCUT2D eigenvalue weighted by Gasteiger charge is -2.34. The van der Waals surface area contributed by atoms with E-state index in [9.17, 15) is 4.79 Å². The first-order valence-corrected chi connectivity index (χ1v) is 7.68. The second-order valence-corrected chi connectivity index (χ2v) is 6.51. The monoisotopic (exact) mass is 390 g/mol. The highest BCUT2D eigenvalue weighted by molar-refractivity contribution is 9.11. The van der Waals surface area contributed by atoms with Gasteiger partial charge in [0.25, 0.3) is 5.91 Å². The van der Waals surface area contributed by atoms with Crippen LogP contribution in [0.2, 0.25) is 0 Å². The standard InChI is InChI=1S/C13H16Br2N2O2/c1-8(16)12-7-17(2-3-19-12)13(18)9-4-10(14)6-11(15)5-9/h4-6,8,12H,2-3,7,16H2,1H3. The average Bonchev–Trinajstić information content (AvgIpc) is 2.37. The fourth-order valence-electron chi connectivity index (χ4n) is 2.04. The molecule has 0 saturated carbocycles. The van der Waals surface area contributed by atoms with Crippen molar-refractivity contribution < 1.29 is 9.53 Å². The van der Waals surface area contributed by atoms with Gasteiger partial charge in [0.2, 0.25) is 0 Å². The van der Waals surface area contributed by atoms with Crippen molar-refractivity contribution in [3.8, 4) is 0 Å². The van der Waals surface area contributed by atoms with Crippen LogP contribution in [0.3, 0.4) is 0 Å². The third-order valence-corrected chi connectivity index (χ3v) is 3.99. The Hall–Kier alpha value is -0.430. The average molecular weight is 392 g/mol. The fourth-order valence-corrected chi connectivity index (χ4v) is 3.33. The Morgan fingerprint density at radius 3 is 2.63 bits per heavy atom. The van der Waals surface area contributed by atoms with E-state index in [-0.39, 0.29) is 18.1 Å². The number of nitrogens with two attached hydrogens (primary N) is 1. The summed E-state index contributed by atoms with van der Waals surface area (Å²) in [5.41, 5.74) is 6.50. The maximum absolute atomic E-state index is 12.5. The second kappa shape index (κ2) is 6.35. The van der Waals surface area contributed by atoms with Crippen molar-refractivity contribution in [3.63, 3.8) is 0 Å². The van der Waals surface area contributed by atoms with E-state index in [2.05, 4.69) is 31.9 Å². The molecule has 104 valence electrons. The van der Waals surface area contributed by atoms with Crippen LogP contribution in [0.4, 0.5) is 0 Å². The predicted octanol–water partition coefficient (Wildman–Crippen LogP) is 2.40. The van der Waals surface area contributed by atoms with Crippen LogP contribution in [0.1, 0.15) is 17.3 Å². The van der Waals surface area contributed by atoms with E-state index < -0.39 is 0 Å². The van der Waals surface area contributed by atoms with E-state index in [0.29, 0.717) is 25.3 Å². The molecule has 1 heterocycles. The van der Waals surface area contributed by atoms with E-state index in [1.165, 1.54) is 0 Å². The lowest BCUT2D eigenvalue weighted by atomic mass is 10.1. The van der Waals surface area contributed by atoms with Gasteiger partial charge in [-0.05, 0) is 25.1 Å². The van der Waals surface area contributed by atoms with Crippen LogP contribution in [0.5, 0.6) is 0 Å². The molecule has 0 spiro atoms. The zero-order valence-electron chi connectivity index (χ0n) is 10.6. The number of morpholine rings is 1. The Morgan fingerprint density at radius 1 is 1.42 bits per heavy atom. The number of hydrogen-bond donors (Lipinski definition) is 1. The molecule has 1 aromatic carbocycles. The molecule has 0 bridgehead atoms. The van der Waals surface area contributed by atoms with Crippen molar-refractivity contribution in [3.05, 3.63) is 32.7 Å². The number of halogens is 2. The summed E-state index contributed by atoms with van der Waals surface area (Å²) in [5.74, 6) is 0.0101. The molecule has 1 amide bonds. The Kier molecular flexibility index (Phi) is 5.00. The molecule has 0 aliphatic carbocycles. The molecule has 1 aliphatic heterocycles. The van der Waals surface area contributed by atoms with Crippen molar-refractivity contribution in [1.82, 2.24) is 4.90 Å². The second-order valence-electron chi connectivity index (χ2n) is 4.68. The third-order valence-electron chi connectivity index (χ3n) is 3.08. The summed E-state index contributed by atoms with van der Waals surface area (Å²) in [5, 5.41) is 0. The topological polar surface area (TPSA) is 55.6 Å². The Bertz CT molecular complexity index is 459. The molecule has 1 aliphatic rings. The molecule has 0 aromatic heterocycles. The Balaban J connectivity index is 2.14. The summed E-state index contributed by atoms with van der Waals surface area (Å²) in [7, 11) is 0. The van der Waals surface area contributed by atoms with Crippen LogP contribution < -0.4 is 5.73 Å². The summed E-state index contributed by atoms with van der Waals surface area (Å²) >= 11 is 6.79. The SMILES string of the molecule is CC(N)C1CN(C(=O)c2cc(Br)cc(Br)c2)CCO1. The summed E-state index contributed by atoms with van der Waals surface area (Å²) in [4.78, 5) is 14.3. The number of ether oxygens (including phenoxy) is 1. The van der Waals surface area contributed by atoms with Crippen molar-refractivity contribution in [2.45, 2.75) is 19.1 Å². The van der Waals surface area contributed by atoms with Gasteiger partial charge in [-0.1, -0.05) is 31.9 Å². The highest BCUT2D eigenvalue weighted by Crippen LogP contribution is 2.22. The molecular weight excluding hydrogens is 376 g/mol. The number of carbonyl (C=O) groups excluding carboxylic acids is 1. The van der Waals surface area contributed by atoms with Crippen LogP contribution in [0.25, 0.3) is 0 Å². The van der Waals surface area contributed by atoms with Crippen molar-refractivity contribution in [2.24, 2.45) is 5.73 Å². The summed E-state index contributed by atoms with van der Waals surface area (Å²) in [6.45, 7) is 3.58. The van der Waals surface area contributed by atoms with Gasteiger partial charge in [0.15, 0.2) is 0 Å². The number of benzene rings is 1. The molecule has 1 saturated heterocycles. The maximum Gasteiger partial charge on any atom is 0.254 e. The minimum Gasteiger partial charge on any atom is -0.373 e. The Morgan fingerprint density at radius 2 is 2.05 bits per heavy atom. The van der Waals surface area contributed by atoms with Crippen molar-refractivity contribution in [2.75, 3.05) is 19.7 Å². The number of hydrogen-bond acceptors (Lipinski definition) is 3. The van der Waals surface area contributed by atoms with E-state index in [4.69, 9.17) is 10.5 Å². The van der Waals surface area contributed by atoms with E-state index in [1.807, 2.05) is 25.1 Å². The van der Waals surface area contributed by atoms with Gasteiger partial charge in [0.05, 0.1) is 12.7 Å². The normalized spacial score (nSPS) is 21.3. The fraction of sp³-hybridized carbons (Fsp3) is 0.462. The van der Waals surface area contributed by atoms with Gasteiger partial charge in [-0.3, -0.25) is 4.79 Å². The lowest BCUT2D eigenvalue weighted by Crippen LogP contribution is -2.51. The van der Waals surface area contributed by atoms with E-state index in [0.717, 1.165) is 8.95 Å². The van der Waals surface area contributed by atoms with Gasteiger partial charge in [0.1, 0.15) is 0 Å². The van der Waals surface area contributed by atoms with Gasteiger partial charge in [-0.15, -0.1) is 0 Å². The van der Waals surface area contributed by atoms with Crippen molar-refractivity contribution >= 4 is 37.8 Å². The van der Waals surface area contributed by atoms with Gasteiger partial charge in [-0.25, -0.2) is 0 Å². The first-order chi connectivity index (χ1) is 8.97. The highest BCUT2D eigenvalue weighted by Gasteiger charge is 2.27. The Labute approximate surface area is 129 Å². The third kappa shape index (κ3) is 3.78. The molecule has 2 rings (SSSR count).